The van der Waals surface area contributed by atoms with E-state index < -0.39 is 11.7 Å². The second kappa shape index (κ2) is 5.59. The van der Waals surface area contributed by atoms with Crippen LogP contribution in [0.5, 0.6) is 0 Å². The van der Waals surface area contributed by atoms with E-state index in [2.05, 4.69) is 0 Å². The molecule has 1 aromatic rings. The Hall–Kier alpha value is -0.940. The Morgan fingerprint density at radius 1 is 1.21 bits per heavy atom. The largest absolute Gasteiger partial charge is 0.418 e. The van der Waals surface area contributed by atoms with Crippen LogP contribution in [0.25, 0.3) is 0 Å². The standard InChI is InChI=1S/C13H16ClF3N2/c1-18(10-6-8-19(14)9-7-10)12-5-3-2-4-11(12)13(15,16)17/h2-5,10H,6-9H2,1H3. The molecule has 19 heavy (non-hydrogen) atoms. The van der Waals surface area contributed by atoms with Crippen molar-refractivity contribution in [2.24, 2.45) is 0 Å². The molecule has 106 valence electrons. The minimum Gasteiger partial charge on any atom is -0.371 e. The summed E-state index contributed by atoms with van der Waals surface area (Å²) in [5, 5.41) is 0. The molecule has 0 bridgehead atoms. The predicted molar refractivity (Wildman–Crippen MR) is 70.3 cm³/mol. The number of halogens is 4. The molecule has 0 unspecified atom stereocenters. The molecule has 6 heteroatoms. The van der Waals surface area contributed by atoms with Gasteiger partial charge in [-0.2, -0.15) is 13.2 Å². The van der Waals surface area contributed by atoms with Crippen LogP contribution in [0.1, 0.15) is 18.4 Å². The predicted octanol–water partition coefficient (Wildman–Crippen LogP) is 3.76. The fourth-order valence-electron chi connectivity index (χ4n) is 2.44. The number of para-hydroxylation sites is 1. The number of piperidine rings is 1. The Bertz CT molecular complexity index is 428. The summed E-state index contributed by atoms with van der Waals surface area (Å²) in [6.07, 6.45) is -2.78. The Balaban J connectivity index is 2.22. The van der Waals surface area contributed by atoms with Crippen molar-refractivity contribution in [1.82, 2.24) is 4.42 Å². The maximum absolute atomic E-state index is 13.0. The van der Waals surface area contributed by atoms with Crippen LogP contribution in [0.15, 0.2) is 24.3 Å². The van der Waals surface area contributed by atoms with E-state index in [1.807, 2.05) is 0 Å². The van der Waals surface area contributed by atoms with Crippen LogP contribution in [0.3, 0.4) is 0 Å². The topological polar surface area (TPSA) is 6.48 Å². The zero-order chi connectivity index (χ0) is 14.0. The highest BCUT2D eigenvalue weighted by Gasteiger charge is 2.35. The first kappa shape index (κ1) is 14.5. The minimum atomic E-state index is -4.32. The molecule has 0 spiro atoms. The summed E-state index contributed by atoms with van der Waals surface area (Å²) in [4.78, 5) is 1.73. The normalized spacial score (nSPS) is 18.6. The van der Waals surface area contributed by atoms with Crippen molar-refractivity contribution in [2.75, 3.05) is 25.0 Å². The van der Waals surface area contributed by atoms with Crippen LogP contribution in [-0.2, 0) is 6.18 Å². The third-order valence-corrected chi connectivity index (χ3v) is 3.89. The number of nitrogens with zero attached hydrogens (tertiary/aromatic N) is 2. The van der Waals surface area contributed by atoms with Gasteiger partial charge in [-0.3, -0.25) is 0 Å². The van der Waals surface area contributed by atoms with E-state index >= 15 is 0 Å². The first-order valence-corrected chi connectivity index (χ1v) is 6.53. The smallest absolute Gasteiger partial charge is 0.371 e. The first-order valence-electron chi connectivity index (χ1n) is 6.19. The van der Waals surface area contributed by atoms with Crippen LogP contribution in [0.4, 0.5) is 18.9 Å². The fourth-order valence-corrected chi connectivity index (χ4v) is 2.63. The number of hydrogen-bond acceptors (Lipinski definition) is 2. The van der Waals surface area contributed by atoms with Crippen LogP contribution in [0.2, 0.25) is 0 Å². The summed E-state index contributed by atoms with van der Waals surface area (Å²) in [7, 11) is 1.72. The molecular weight excluding hydrogens is 277 g/mol. The van der Waals surface area contributed by atoms with Gasteiger partial charge in [0.2, 0.25) is 0 Å². The summed E-state index contributed by atoms with van der Waals surface area (Å²) < 4.78 is 40.6. The molecule has 0 saturated carbocycles. The van der Waals surface area contributed by atoms with E-state index in [0.717, 1.165) is 18.9 Å². The Morgan fingerprint density at radius 2 is 1.79 bits per heavy atom. The third-order valence-electron chi connectivity index (χ3n) is 3.55. The van der Waals surface area contributed by atoms with Crippen molar-refractivity contribution in [3.8, 4) is 0 Å². The van der Waals surface area contributed by atoms with E-state index in [-0.39, 0.29) is 11.7 Å². The van der Waals surface area contributed by atoms with Gasteiger partial charge in [0.25, 0.3) is 0 Å². The highest BCUT2D eigenvalue weighted by atomic mass is 35.5. The average Bonchev–Trinajstić information content (AvgIpc) is 2.38. The fraction of sp³-hybridized carbons (Fsp3) is 0.538. The number of alkyl halides is 3. The van der Waals surface area contributed by atoms with Crippen LogP contribution >= 0.6 is 11.8 Å². The van der Waals surface area contributed by atoms with Crippen LogP contribution < -0.4 is 4.90 Å². The van der Waals surface area contributed by atoms with Crippen LogP contribution in [0, 0.1) is 0 Å². The molecule has 2 nitrogen and oxygen atoms in total. The molecule has 0 radical (unpaired) electrons. The summed E-state index contributed by atoms with van der Waals surface area (Å²) in [5.74, 6) is 0. The van der Waals surface area contributed by atoms with Crippen molar-refractivity contribution < 1.29 is 13.2 Å². The molecule has 0 aliphatic carbocycles. The SMILES string of the molecule is CN(c1ccccc1C(F)(F)F)C1CCN(Cl)CC1. The molecule has 0 amide bonds. The maximum atomic E-state index is 13.0. The Labute approximate surface area is 115 Å². The highest BCUT2D eigenvalue weighted by Crippen LogP contribution is 2.37. The molecular formula is C13H16ClF3N2. The van der Waals surface area contributed by atoms with Gasteiger partial charge in [-0.25, -0.2) is 4.42 Å². The minimum absolute atomic E-state index is 0.0958. The zero-order valence-electron chi connectivity index (χ0n) is 10.6. The summed E-state index contributed by atoms with van der Waals surface area (Å²) in [5.41, 5.74) is -0.339. The molecule has 0 aromatic heterocycles. The number of hydrogen-bond donors (Lipinski definition) is 0. The van der Waals surface area contributed by atoms with Gasteiger partial charge in [-0.05, 0) is 36.8 Å². The second-order valence-corrected chi connectivity index (χ2v) is 5.24. The number of rotatable bonds is 2. The lowest BCUT2D eigenvalue weighted by Gasteiger charge is -2.36. The zero-order valence-corrected chi connectivity index (χ0v) is 11.4. The quantitative estimate of drug-likeness (QED) is 0.766. The number of benzene rings is 1. The summed E-state index contributed by atoms with van der Waals surface area (Å²) in [6, 6.07) is 5.80. The molecule has 1 aliphatic rings. The van der Waals surface area contributed by atoms with Gasteiger partial charge < -0.3 is 4.90 Å². The summed E-state index contributed by atoms with van der Waals surface area (Å²) in [6.45, 7) is 1.40. The lowest BCUT2D eigenvalue weighted by Crippen LogP contribution is -2.41. The van der Waals surface area contributed by atoms with Crippen molar-refractivity contribution in [3.63, 3.8) is 0 Å². The van der Waals surface area contributed by atoms with Gasteiger partial charge in [0, 0.05) is 31.9 Å². The number of anilines is 1. The van der Waals surface area contributed by atoms with Gasteiger partial charge in [0.15, 0.2) is 0 Å². The van der Waals surface area contributed by atoms with Gasteiger partial charge in [-0.1, -0.05) is 12.1 Å². The van der Waals surface area contributed by atoms with Crippen molar-refractivity contribution in [1.29, 1.82) is 0 Å². The Morgan fingerprint density at radius 3 is 2.37 bits per heavy atom. The molecule has 1 fully saturated rings. The Kier molecular flexibility index (Phi) is 4.26. The van der Waals surface area contributed by atoms with Crippen molar-refractivity contribution >= 4 is 17.5 Å². The summed E-state index contributed by atoms with van der Waals surface area (Å²) >= 11 is 5.87. The third kappa shape index (κ3) is 3.34. The molecule has 2 rings (SSSR count). The van der Waals surface area contributed by atoms with E-state index in [4.69, 9.17) is 11.8 Å². The van der Waals surface area contributed by atoms with Crippen molar-refractivity contribution in [3.05, 3.63) is 29.8 Å². The first-order chi connectivity index (χ1) is 8.89. The van der Waals surface area contributed by atoms with Crippen LogP contribution in [-0.4, -0.2) is 30.6 Å². The molecule has 1 aliphatic heterocycles. The van der Waals surface area contributed by atoms with Gasteiger partial charge >= 0.3 is 6.18 Å². The van der Waals surface area contributed by atoms with E-state index in [0.29, 0.717) is 13.1 Å². The van der Waals surface area contributed by atoms with E-state index in [9.17, 15) is 13.2 Å². The lowest BCUT2D eigenvalue weighted by atomic mass is 10.0. The van der Waals surface area contributed by atoms with Crippen molar-refractivity contribution in [2.45, 2.75) is 25.1 Å². The van der Waals surface area contributed by atoms with E-state index in [1.165, 1.54) is 12.1 Å². The lowest BCUT2D eigenvalue weighted by molar-refractivity contribution is -0.137. The molecule has 0 atom stereocenters. The molecule has 0 N–H and O–H groups in total. The molecule has 1 heterocycles. The van der Waals surface area contributed by atoms with Gasteiger partial charge in [0.05, 0.1) is 5.56 Å². The second-order valence-electron chi connectivity index (χ2n) is 4.77. The van der Waals surface area contributed by atoms with Gasteiger partial charge in [0.1, 0.15) is 0 Å². The monoisotopic (exact) mass is 292 g/mol. The van der Waals surface area contributed by atoms with E-state index in [1.54, 1.807) is 22.4 Å². The molecule has 1 saturated heterocycles. The highest BCUT2D eigenvalue weighted by molar-refractivity contribution is 6.13. The maximum Gasteiger partial charge on any atom is 0.418 e. The van der Waals surface area contributed by atoms with Gasteiger partial charge in [-0.15, -0.1) is 0 Å². The molecule has 1 aromatic carbocycles. The average molecular weight is 293 g/mol.